The van der Waals surface area contributed by atoms with E-state index in [1.54, 1.807) is 18.3 Å². The molecule has 0 aromatic heterocycles. The topological polar surface area (TPSA) is 86.0 Å². The minimum absolute atomic E-state index is 0.0376. The van der Waals surface area contributed by atoms with Crippen molar-refractivity contribution >= 4 is 17.6 Å². The molecule has 0 saturated carbocycles. The molecule has 0 fully saturated rings. The quantitative estimate of drug-likeness (QED) is 0.150. The number of rotatable bonds is 12. The van der Waals surface area contributed by atoms with E-state index in [1.807, 2.05) is 42.5 Å². The molecule has 1 N–H and O–H groups in total. The van der Waals surface area contributed by atoms with Gasteiger partial charge in [-0.05, 0) is 48.2 Å². The van der Waals surface area contributed by atoms with E-state index >= 15 is 0 Å². The van der Waals surface area contributed by atoms with Gasteiger partial charge >= 0.3 is 0 Å². The second kappa shape index (κ2) is 12.2. The largest absolute Gasteiger partial charge is 0.493 e. The fraction of sp³-hybridized carbons (Fsp3) is 0.269. The highest BCUT2D eigenvalue weighted by molar-refractivity contribution is 5.84. The molecule has 7 heteroatoms. The molecule has 172 valence electrons. The zero-order valence-electron chi connectivity index (χ0n) is 18.9. The molecule has 1 atom stereocenters. The van der Waals surface area contributed by atoms with Gasteiger partial charge in [-0.25, -0.2) is 0 Å². The van der Waals surface area contributed by atoms with Gasteiger partial charge in [0.2, 0.25) is 0 Å². The minimum Gasteiger partial charge on any atom is -0.493 e. The number of non-ortho nitro benzene ring substituents is 1. The zero-order chi connectivity index (χ0) is 23.5. The first-order chi connectivity index (χ1) is 16.1. The van der Waals surface area contributed by atoms with Crippen LogP contribution < -0.4 is 14.9 Å². The number of nitrogens with zero attached hydrogens (tertiary/aromatic N) is 2. The van der Waals surface area contributed by atoms with Gasteiger partial charge in [-0.15, -0.1) is 0 Å². The molecule has 0 aliphatic carbocycles. The highest BCUT2D eigenvalue weighted by Gasteiger charge is 2.09. The van der Waals surface area contributed by atoms with E-state index in [1.165, 1.54) is 17.7 Å². The number of nitro benzene ring substituents is 1. The molecule has 1 unspecified atom stereocenters. The van der Waals surface area contributed by atoms with Gasteiger partial charge < -0.3 is 9.47 Å². The van der Waals surface area contributed by atoms with Crippen LogP contribution in [0, 0.1) is 10.1 Å². The van der Waals surface area contributed by atoms with Crippen LogP contribution in [0.2, 0.25) is 0 Å². The predicted molar refractivity (Wildman–Crippen MR) is 132 cm³/mol. The Bertz CT molecular complexity index is 1070. The van der Waals surface area contributed by atoms with Crippen molar-refractivity contribution in [3.05, 3.63) is 94.0 Å². The Balaban J connectivity index is 1.49. The van der Waals surface area contributed by atoms with Crippen LogP contribution in [0.25, 0.3) is 0 Å². The van der Waals surface area contributed by atoms with Gasteiger partial charge in [0.05, 0.1) is 30.0 Å². The van der Waals surface area contributed by atoms with Crippen molar-refractivity contribution in [3.63, 3.8) is 0 Å². The third kappa shape index (κ3) is 7.07. The molecule has 0 saturated heterocycles. The number of para-hydroxylation sites is 2. The highest BCUT2D eigenvalue weighted by Crippen LogP contribution is 2.28. The third-order valence-electron chi connectivity index (χ3n) is 5.26. The second-order valence-corrected chi connectivity index (χ2v) is 7.61. The number of hydrogen-bond donors (Lipinski definition) is 1. The van der Waals surface area contributed by atoms with Crippen LogP contribution in [-0.4, -0.2) is 24.4 Å². The van der Waals surface area contributed by atoms with E-state index in [0.29, 0.717) is 24.8 Å². The Morgan fingerprint density at radius 3 is 2.30 bits per heavy atom. The van der Waals surface area contributed by atoms with Crippen molar-refractivity contribution in [2.45, 2.75) is 32.6 Å². The number of hydrogen-bond acceptors (Lipinski definition) is 6. The average molecular weight is 448 g/mol. The predicted octanol–water partition coefficient (Wildman–Crippen LogP) is 6.40. The van der Waals surface area contributed by atoms with E-state index < -0.39 is 4.92 Å². The maximum Gasteiger partial charge on any atom is 0.269 e. The molecule has 0 radical (unpaired) electrons. The summed E-state index contributed by atoms with van der Waals surface area (Å²) in [6.45, 7) is 5.48. The van der Waals surface area contributed by atoms with Crippen LogP contribution in [0.4, 0.5) is 11.4 Å². The Labute approximate surface area is 194 Å². The number of hydrazone groups is 1. The van der Waals surface area contributed by atoms with Gasteiger partial charge in [0.1, 0.15) is 11.5 Å². The Kier molecular flexibility index (Phi) is 8.82. The van der Waals surface area contributed by atoms with E-state index in [2.05, 4.69) is 30.4 Å². The second-order valence-electron chi connectivity index (χ2n) is 7.61. The van der Waals surface area contributed by atoms with Gasteiger partial charge in [-0.3, -0.25) is 15.5 Å². The van der Waals surface area contributed by atoms with Gasteiger partial charge in [0, 0.05) is 24.1 Å². The van der Waals surface area contributed by atoms with E-state index in [0.717, 1.165) is 29.9 Å². The molecule has 7 nitrogen and oxygen atoms in total. The summed E-state index contributed by atoms with van der Waals surface area (Å²) in [5.74, 6) is 2.13. The van der Waals surface area contributed by atoms with Crippen molar-refractivity contribution in [1.82, 2.24) is 0 Å². The van der Waals surface area contributed by atoms with Crippen LogP contribution in [0.5, 0.6) is 11.5 Å². The summed E-state index contributed by atoms with van der Waals surface area (Å²) in [4.78, 5) is 10.3. The SMILES string of the molecule is CCC(C)c1ccccc1OCCCOc1ccccc1C=NNc1ccc([N+](=O)[O-])cc1. The third-order valence-corrected chi connectivity index (χ3v) is 5.26. The van der Waals surface area contributed by atoms with Gasteiger partial charge in [0.15, 0.2) is 0 Å². The summed E-state index contributed by atoms with van der Waals surface area (Å²) < 4.78 is 12.0. The molecule has 0 aliphatic heterocycles. The molecule has 33 heavy (non-hydrogen) atoms. The van der Waals surface area contributed by atoms with Crippen LogP contribution in [0.1, 0.15) is 43.7 Å². The van der Waals surface area contributed by atoms with Crippen LogP contribution in [0.3, 0.4) is 0 Å². The van der Waals surface area contributed by atoms with Crippen molar-refractivity contribution in [2.24, 2.45) is 5.10 Å². The zero-order valence-corrected chi connectivity index (χ0v) is 18.9. The number of ether oxygens (including phenoxy) is 2. The van der Waals surface area contributed by atoms with E-state index in [4.69, 9.17) is 9.47 Å². The molecule has 0 aliphatic rings. The van der Waals surface area contributed by atoms with E-state index in [9.17, 15) is 10.1 Å². The van der Waals surface area contributed by atoms with Crippen LogP contribution >= 0.6 is 0 Å². The van der Waals surface area contributed by atoms with Crippen molar-refractivity contribution in [1.29, 1.82) is 0 Å². The number of nitrogens with one attached hydrogen (secondary N) is 1. The maximum atomic E-state index is 10.7. The first kappa shape index (κ1) is 23.8. The van der Waals surface area contributed by atoms with Crippen molar-refractivity contribution in [2.75, 3.05) is 18.6 Å². The summed E-state index contributed by atoms with van der Waals surface area (Å²) in [6.07, 6.45) is 3.48. The normalized spacial score (nSPS) is 11.8. The standard InChI is InChI=1S/C26H29N3O4/c1-3-20(2)24-10-5-7-12-26(24)33-18-8-17-32-25-11-6-4-9-21(25)19-27-28-22-13-15-23(16-14-22)29(30)31/h4-7,9-16,19-20,28H,3,8,17-18H2,1-2H3. The molecule has 3 rings (SSSR count). The minimum atomic E-state index is -0.434. The molecular formula is C26H29N3O4. The fourth-order valence-corrected chi connectivity index (χ4v) is 3.21. The first-order valence-corrected chi connectivity index (χ1v) is 11.1. The number of benzene rings is 3. The summed E-state index contributed by atoms with van der Waals surface area (Å²) in [6, 6.07) is 21.9. The summed E-state index contributed by atoms with van der Waals surface area (Å²) in [5.41, 5.74) is 5.63. The number of anilines is 1. The summed E-state index contributed by atoms with van der Waals surface area (Å²) in [5, 5.41) is 15.0. The molecular weight excluding hydrogens is 418 g/mol. The average Bonchev–Trinajstić information content (AvgIpc) is 2.84. The Morgan fingerprint density at radius 2 is 1.61 bits per heavy atom. The monoisotopic (exact) mass is 447 g/mol. The van der Waals surface area contributed by atoms with Gasteiger partial charge in [-0.2, -0.15) is 5.10 Å². The van der Waals surface area contributed by atoms with E-state index in [-0.39, 0.29) is 5.69 Å². The first-order valence-electron chi connectivity index (χ1n) is 11.1. The van der Waals surface area contributed by atoms with Crippen molar-refractivity contribution in [3.8, 4) is 11.5 Å². The maximum absolute atomic E-state index is 10.7. The Morgan fingerprint density at radius 1 is 0.970 bits per heavy atom. The lowest BCUT2D eigenvalue weighted by Crippen LogP contribution is -2.07. The molecule has 0 bridgehead atoms. The fourth-order valence-electron chi connectivity index (χ4n) is 3.21. The van der Waals surface area contributed by atoms with Crippen LogP contribution in [-0.2, 0) is 0 Å². The summed E-state index contributed by atoms with van der Waals surface area (Å²) in [7, 11) is 0. The number of nitro groups is 1. The molecule has 0 amide bonds. The smallest absolute Gasteiger partial charge is 0.269 e. The molecule has 0 heterocycles. The lowest BCUT2D eigenvalue weighted by atomic mass is 9.98. The lowest BCUT2D eigenvalue weighted by Gasteiger charge is -2.16. The van der Waals surface area contributed by atoms with Gasteiger partial charge in [0.25, 0.3) is 5.69 Å². The van der Waals surface area contributed by atoms with Gasteiger partial charge in [-0.1, -0.05) is 44.2 Å². The highest BCUT2D eigenvalue weighted by atomic mass is 16.6. The molecule has 0 spiro atoms. The molecule has 3 aromatic carbocycles. The summed E-state index contributed by atoms with van der Waals surface area (Å²) >= 11 is 0. The van der Waals surface area contributed by atoms with Crippen molar-refractivity contribution < 1.29 is 14.4 Å². The molecule has 3 aromatic rings. The lowest BCUT2D eigenvalue weighted by molar-refractivity contribution is -0.384. The van der Waals surface area contributed by atoms with Crippen LogP contribution in [0.15, 0.2) is 77.9 Å². The Hall–Kier alpha value is -3.87.